The van der Waals surface area contributed by atoms with E-state index in [4.69, 9.17) is 0 Å². The number of hydrogen-bond acceptors (Lipinski definition) is 1. The van der Waals surface area contributed by atoms with Gasteiger partial charge in [-0.3, -0.25) is 0 Å². The molecule has 1 N–H and O–H groups in total. The van der Waals surface area contributed by atoms with Crippen molar-refractivity contribution in [2.75, 3.05) is 7.05 Å². The lowest BCUT2D eigenvalue weighted by Crippen LogP contribution is -2.18. The van der Waals surface area contributed by atoms with Crippen molar-refractivity contribution in [3.63, 3.8) is 0 Å². The Kier molecular flexibility index (Phi) is 5.00. The van der Waals surface area contributed by atoms with Crippen LogP contribution in [-0.4, -0.2) is 7.05 Å². The molecule has 1 aromatic carbocycles. The molecule has 0 saturated heterocycles. The third-order valence-corrected chi connectivity index (χ3v) is 3.33. The van der Waals surface area contributed by atoms with Crippen molar-refractivity contribution in [1.29, 1.82) is 0 Å². The molecule has 0 amide bonds. The fourth-order valence-corrected chi connectivity index (χ4v) is 2.01. The van der Waals surface area contributed by atoms with Gasteiger partial charge in [-0.15, -0.1) is 0 Å². The summed E-state index contributed by atoms with van der Waals surface area (Å²) in [5, 5.41) is 3.40. The van der Waals surface area contributed by atoms with Gasteiger partial charge >= 0.3 is 0 Å². The summed E-state index contributed by atoms with van der Waals surface area (Å²) in [6, 6.07) is 9.06. The molecule has 90 valence electrons. The topological polar surface area (TPSA) is 12.0 Å². The Balaban J connectivity index is 2.64. The molecule has 0 aliphatic rings. The maximum absolute atomic E-state index is 3.47. The van der Waals surface area contributed by atoms with E-state index < -0.39 is 0 Å². The minimum Gasteiger partial charge on any atom is -0.313 e. The predicted molar refractivity (Wildman–Crippen MR) is 74.6 cm³/mol. The van der Waals surface area contributed by atoms with Crippen molar-refractivity contribution >= 4 is 15.9 Å². The normalized spacial score (nSPS) is 13.8. The summed E-state index contributed by atoms with van der Waals surface area (Å²) < 4.78 is 1.14. The Morgan fingerprint density at radius 3 is 2.19 bits per heavy atom. The minimum absolute atomic E-state index is 0.407. The van der Waals surface area contributed by atoms with Crippen LogP contribution in [0.15, 0.2) is 28.7 Å². The summed E-state index contributed by atoms with van der Waals surface area (Å²) in [5.41, 5.74) is 1.78. The summed E-state index contributed by atoms with van der Waals surface area (Å²) in [6.45, 7) is 6.88. The van der Waals surface area contributed by atoms with Crippen LogP contribution in [-0.2, 0) is 0 Å². The minimum atomic E-state index is 0.407. The predicted octanol–water partition coefficient (Wildman–Crippen LogP) is 4.54. The van der Waals surface area contributed by atoms with Gasteiger partial charge < -0.3 is 5.32 Å². The van der Waals surface area contributed by atoms with Crippen molar-refractivity contribution in [3.05, 3.63) is 34.3 Å². The van der Waals surface area contributed by atoms with E-state index in [2.05, 4.69) is 66.3 Å². The number of nitrogens with one attached hydrogen (secondary N) is 1. The average Bonchev–Trinajstić information content (AvgIpc) is 2.20. The smallest absolute Gasteiger partial charge is 0.0317 e. The van der Waals surface area contributed by atoms with E-state index in [1.54, 1.807) is 0 Å². The first-order valence-electron chi connectivity index (χ1n) is 5.85. The first-order valence-corrected chi connectivity index (χ1v) is 6.64. The van der Waals surface area contributed by atoms with Crippen molar-refractivity contribution in [2.24, 2.45) is 5.41 Å². The van der Waals surface area contributed by atoms with E-state index in [-0.39, 0.29) is 0 Å². The summed E-state index contributed by atoms with van der Waals surface area (Å²) in [7, 11) is 2.04. The molecule has 2 heteroatoms. The molecular formula is C14H22BrN. The summed E-state index contributed by atoms with van der Waals surface area (Å²) in [5.74, 6) is 0. The highest BCUT2D eigenvalue weighted by Gasteiger charge is 2.15. The molecule has 1 nitrogen and oxygen atoms in total. The lowest BCUT2D eigenvalue weighted by atomic mass is 9.87. The highest BCUT2D eigenvalue weighted by atomic mass is 79.9. The lowest BCUT2D eigenvalue weighted by Gasteiger charge is -2.23. The summed E-state index contributed by atoms with van der Waals surface area (Å²) >= 11 is 3.47. The van der Waals surface area contributed by atoms with Gasteiger partial charge in [0.1, 0.15) is 0 Å². The molecule has 0 bridgehead atoms. The summed E-state index contributed by atoms with van der Waals surface area (Å²) in [4.78, 5) is 0. The molecule has 1 rings (SSSR count). The SMILES string of the molecule is CNC(CCC(C)(C)C)c1ccc(Br)cc1. The molecule has 0 aliphatic heterocycles. The fraction of sp³-hybridized carbons (Fsp3) is 0.571. The second-order valence-corrected chi connectivity index (χ2v) is 6.41. The maximum atomic E-state index is 3.47. The van der Waals surface area contributed by atoms with Gasteiger partial charge in [0, 0.05) is 10.5 Å². The molecule has 0 fully saturated rings. The van der Waals surface area contributed by atoms with E-state index in [0.29, 0.717) is 11.5 Å². The Hall–Kier alpha value is -0.340. The van der Waals surface area contributed by atoms with Crippen molar-refractivity contribution < 1.29 is 0 Å². The van der Waals surface area contributed by atoms with Crippen LogP contribution in [0.5, 0.6) is 0 Å². The highest BCUT2D eigenvalue weighted by Crippen LogP contribution is 2.27. The molecule has 1 aromatic rings. The molecule has 0 radical (unpaired) electrons. The van der Waals surface area contributed by atoms with Crippen molar-refractivity contribution in [3.8, 4) is 0 Å². The second-order valence-electron chi connectivity index (χ2n) is 5.49. The van der Waals surface area contributed by atoms with Gasteiger partial charge in [-0.25, -0.2) is 0 Å². The van der Waals surface area contributed by atoms with Gasteiger partial charge in [-0.1, -0.05) is 48.8 Å². The van der Waals surface area contributed by atoms with Gasteiger partial charge in [-0.2, -0.15) is 0 Å². The van der Waals surface area contributed by atoms with Gasteiger partial charge in [0.25, 0.3) is 0 Å². The van der Waals surface area contributed by atoms with Crippen LogP contribution < -0.4 is 5.32 Å². The van der Waals surface area contributed by atoms with Crippen LogP contribution in [0.2, 0.25) is 0 Å². The van der Waals surface area contributed by atoms with Gasteiger partial charge in [-0.05, 0) is 43.0 Å². The van der Waals surface area contributed by atoms with Crippen LogP contribution in [0, 0.1) is 5.41 Å². The molecule has 0 spiro atoms. The molecule has 0 aliphatic carbocycles. The van der Waals surface area contributed by atoms with Crippen molar-refractivity contribution in [1.82, 2.24) is 5.32 Å². The van der Waals surface area contributed by atoms with Gasteiger partial charge in [0.2, 0.25) is 0 Å². The summed E-state index contributed by atoms with van der Waals surface area (Å²) in [6.07, 6.45) is 2.41. The third-order valence-electron chi connectivity index (χ3n) is 2.80. The first kappa shape index (κ1) is 13.7. The maximum Gasteiger partial charge on any atom is 0.0317 e. The lowest BCUT2D eigenvalue weighted by molar-refractivity contribution is 0.338. The van der Waals surface area contributed by atoms with E-state index in [1.165, 1.54) is 18.4 Å². The first-order chi connectivity index (χ1) is 7.42. The van der Waals surface area contributed by atoms with Gasteiger partial charge in [0.05, 0.1) is 0 Å². The number of benzene rings is 1. The monoisotopic (exact) mass is 283 g/mol. The zero-order valence-electron chi connectivity index (χ0n) is 10.7. The second kappa shape index (κ2) is 5.83. The largest absolute Gasteiger partial charge is 0.313 e. The highest BCUT2D eigenvalue weighted by molar-refractivity contribution is 9.10. The third kappa shape index (κ3) is 4.67. The number of hydrogen-bond donors (Lipinski definition) is 1. The fourth-order valence-electron chi connectivity index (χ4n) is 1.75. The molecular weight excluding hydrogens is 262 g/mol. The van der Waals surface area contributed by atoms with E-state index >= 15 is 0 Å². The quantitative estimate of drug-likeness (QED) is 0.856. The van der Waals surface area contributed by atoms with Crippen LogP contribution in [0.25, 0.3) is 0 Å². The number of rotatable bonds is 4. The van der Waals surface area contributed by atoms with E-state index in [0.717, 1.165) is 4.47 Å². The van der Waals surface area contributed by atoms with Gasteiger partial charge in [0.15, 0.2) is 0 Å². The Labute approximate surface area is 108 Å². The van der Waals surface area contributed by atoms with Crippen LogP contribution in [0.4, 0.5) is 0 Å². The average molecular weight is 284 g/mol. The molecule has 1 atom stereocenters. The van der Waals surface area contributed by atoms with E-state index in [9.17, 15) is 0 Å². The molecule has 0 heterocycles. The Morgan fingerprint density at radius 1 is 1.19 bits per heavy atom. The van der Waals surface area contributed by atoms with Crippen molar-refractivity contribution in [2.45, 2.75) is 39.7 Å². The molecule has 16 heavy (non-hydrogen) atoms. The molecule has 0 saturated carbocycles. The zero-order chi connectivity index (χ0) is 12.2. The van der Waals surface area contributed by atoms with Crippen LogP contribution in [0.1, 0.15) is 45.2 Å². The van der Waals surface area contributed by atoms with Crippen LogP contribution >= 0.6 is 15.9 Å². The molecule has 1 unspecified atom stereocenters. The zero-order valence-corrected chi connectivity index (χ0v) is 12.3. The Morgan fingerprint density at radius 2 is 1.75 bits per heavy atom. The van der Waals surface area contributed by atoms with E-state index in [1.807, 2.05) is 7.05 Å². The molecule has 0 aromatic heterocycles. The Bertz CT molecular complexity index is 311. The van der Waals surface area contributed by atoms with Crippen LogP contribution in [0.3, 0.4) is 0 Å². The standard InChI is InChI=1S/C14H22BrN/c1-14(2,3)10-9-13(16-4)11-5-7-12(15)8-6-11/h5-8,13,16H,9-10H2,1-4H3. The number of halogens is 1.